The summed E-state index contributed by atoms with van der Waals surface area (Å²) in [5.74, 6) is -0.0644. The summed E-state index contributed by atoms with van der Waals surface area (Å²) in [4.78, 5) is 54.9. The third-order valence-electron chi connectivity index (χ3n) is 9.19. The van der Waals surface area contributed by atoms with E-state index in [1.807, 2.05) is 19.1 Å². The van der Waals surface area contributed by atoms with Crippen LogP contribution in [0.2, 0.25) is 0 Å². The zero-order valence-electron chi connectivity index (χ0n) is 24.4. The number of carbonyl (C=O) groups is 4. The van der Waals surface area contributed by atoms with Gasteiger partial charge in [-0.15, -0.1) is 0 Å². The highest BCUT2D eigenvalue weighted by Crippen LogP contribution is 2.61. The van der Waals surface area contributed by atoms with Crippen molar-refractivity contribution in [1.82, 2.24) is 5.32 Å². The molecule has 6 rings (SSSR count). The standard InChI is InChI=1S/C33H41N3O5/c1-20-8-7-9-24(12-20)35-31(41)34-19-27(37)36(28(30(39)40)32(2,3)4)26-11-6-5-10-25(26)29(38)33-16-21-13-22(17-33)15-23(14-21)18-33/h5-12,21-23,28H,13-19H2,1-4H3,(H,39,40)(H2,34,35,41). The minimum Gasteiger partial charge on any atom is -0.480 e. The van der Waals surface area contributed by atoms with Crippen molar-refractivity contribution in [2.75, 3.05) is 16.8 Å². The summed E-state index contributed by atoms with van der Waals surface area (Å²) in [6.07, 6.45) is 6.17. The summed E-state index contributed by atoms with van der Waals surface area (Å²) in [7, 11) is 0. The number of rotatable bonds is 8. The number of carboxylic acids is 1. The molecule has 1 unspecified atom stereocenters. The quantitative estimate of drug-likeness (QED) is 0.341. The van der Waals surface area contributed by atoms with Crippen molar-refractivity contribution in [1.29, 1.82) is 0 Å². The molecule has 0 radical (unpaired) electrons. The molecule has 4 aliphatic carbocycles. The second-order valence-corrected chi connectivity index (χ2v) is 13.6. The Morgan fingerprint density at radius 1 is 0.951 bits per heavy atom. The number of ketones is 1. The van der Waals surface area contributed by atoms with E-state index in [9.17, 15) is 24.3 Å². The molecule has 0 spiro atoms. The third-order valence-corrected chi connectivity index (χ3v) is 9.19. The maximum Gasteiger partial charge on any atom is 0.327 e. The molecule has 0 aliphatic heterocycles. The second kappa shape index (κ2) is 11.0. The minimum atomic E-state index is -1.26. The first-order chi connectivity index (χ1) is 19.4. The van der Waals surface area contributed by atoms with Gasteiger partial charge < -0.3 is 15.7 Å². The van der Waals surface area contributed by atoms with E-state index in [1.54, 1.807) is 57.2 Å². The Balaban J connectivity index is 1.45. The number of hydrogen-bond acceptors (Lipinski definition) is 4. The number of carboxylic acid groups (broad SMARTS) is 1. The third kappa shape index (κ3) is 5.88. The highest BCUT2D eigenvalue weighted by atomic mass is 16.4. The summed E-state index contributed by atoms with van der Waals surface area (Å²) in [5.41, 5.74) is 0.925. The molecule has 4 aliphatic rings. The van der Waals surface area contributed by atoms with Crippen molar-refractivity contribution in [3.8, 4) is 0 Å². The van der Waals surface area contributed by atoms with Crippen molar-refractivity contribution >= 4 is 35.1 Å². The van der Waals surface area contributed by atoms with Crippen molar-refractivity contribution in [3.63, 3.8) is 0 Å². The fourth-order valence-electron chi connectivity index (χ4n) is 7.97. The Kier molecular flexibility index (Phi) is 7.70. The zero-order chi connectivity index (χ0) is 29.5. The fraction of sp³-hybridized carbons (Fsp3) is 0.515. The summed E-state index contributed by atoms with van der Waals surface area (Å²) in [6.45, 7) is 6.75. The first kappa shape index (κ1) is 28.8. The SMILES string of the molecule is Cc1cccc(NC(=O)NCC(=O)N(c2ccccc2C(=O)C23CC4CC(CC(C4)C2)C3)C(C(=O)O)C(C)(C)C)c1. The van der Waals surface area contributed by atoms with Gasteiger partial charge in [-0.2, -0.15) is 0 Å². The van der Waals surface area contributed by atoms with E-state index in [0.717, 1.165) is 24.8 Å². The summed E-state index contributed by atoms with van der Waals surface area (Å²) < 4.78 is 0. The number of amides is 3. The van der Waals surface area contributed by atoms with Gasteiger partial charge in [0.2, 0.25) is 5.91 Å². The maximum absolute atomic E-state index is 14.4. The van der Waals surface area contributed by atoms with Gasteiger partial charge in [-0.3, -0.25) is 14.5 Å². The average molecular weight is 560 g/mol. The number of urea groups is 1. The van der Waals surface area contributed by atoms with E-state index in [4.69, 9.17) is 0 Å². The number of aryl methyl sites for hydroxylation is 1. The molecule has 1 atom stereocenters. The smallest absolute Gasteiger partial charge is 0.327 e. The minimum absolute atomic E-state index is 0.0215. The number of benzene rings is 2. The van der Waals surface area contributed by atoms with Crippen LogP contribution in [0.4, 0.5) is 16.2 Å². The number of anilines is 2. The van der Waals surface area contributed by atoms with E-state index < -0.39 is 41.3 Å². The van der Waals surface area contributed by atoms with Gasteiger partial charge in [0.05, 0.1) is 12.2 Å². The monoisotopic (exact) mass is 559 g/mol. The van der Waals surface area contributed by atoms with Gasteiger partial charge >= 0.3 is 12.0 Å². The maximum atomic E-state index is 14.4. The molecule has 41 heavy (non-hydrogen) atoms. The fourth-order valence-corrected chi connectivity index (χ4v) is 7.97. The van der Waals surface area contributed by atoms with Gasteiger partial charge in [-0.25, -0.2) is 9.59 Å². The van der Waals surface area contributed by atoms with E-state index in [-0.39, 0.29) is 5.78 Å². The van der Waals surface area contributed by atoms with Gasteiger partial charge in [0.25, 0.3) is 0 Å². The van der Waals surface area contributed by atoms with E-state index in [1.165, 1.54) is 24.2 Å². The number of nitrogens with zero attached hydrogens (tertiary/aromatic N) is 1. The highest BCUT2D eigenvalue weighted by Gasteiger charge is 2.55. The van der Waals surface area contributed by atoms with E-state index in [0.29, 0.717) is 34.7 Å². The molecular weight excluding hydrogens is 518 g/mol. The largest absolute Gasteiger partial charge is 0.480 e. The van der Waals surface area contributed by atoms with E-state index >= 15 is 0 Å². The Labute approximate surface area is 241 Å². The number of para-hydroxylation sites is 1. The van der Waals surface area contributed by atoms with Crippen LogP contribution in [-0.4, -0.2) is 41.4 Å². The van der Waals surface area contributed by atoms with Crippen LogP contribution in [0.5, 0.6) is 0 Å². The Bertz CT molecular complexity index is 1330. The normalized spacial score (nSPS) is 25.3. The molecule has 0 saturated heterocycles. The van der Waals surface area contributed by atoms with E-state index in [2.05, 4.69) is 10.6 Å². The van der Waals surface area contributed by atoms with Gasteiger partial charge in [0.1, 0.15) is 6.04 Å². The van der Waals surface area contributed by atoms with Gasteiger partial charge in [-0.1, -0.05) is 45.0 Å². The summed E-state index contributed by atoms with van der Waals surface area (Å²) >= 11 is 0. The number of nitrogens with one attached hydrogen (secondary N) is 2. The molecule has 8 heteroatoms. The van der Waals surface area contributed by atoms with Crippen molar-refractivity contribution in [2.24, 2.45) is 28.6 Å². The number of aliphatic carboxylic acids is 1. The Morgan fingerprint density at radius 3 is 2.12 bits per heavy atom. The van der Waals surface area contributed by atoms with Crippen molar-refractivity contribution in [3.05, 3.63) is 59.7 Å². The summed E-state index contributed by atoms with van der Waals surface area (Å²) in [6, 6.07) is 12.3. The molecule has 0 heterocycles. The van der Waals surface area contributed by atoms with Crippen LogP contribution in [0, 0.1) is 35.5 Å². The van der Waals surface area contributed by atoms with Crippen molar-refractivity contribution in [2.45, 2.75) is 72.3 Å². The lowest BCUT2D eigenvalue weighted by atomic mass is 9.48. The zero-order valence-corrected chi connectivity index (χ0v) is 24.4. The second-order valence-electron chi connectivity index (χ2n) is 13.6. The molecule has 2 aromatic carbocycles. The molecule has 3 amide bonds. The predicted molar refractivity (Wildman–Crippen MR) is 158 cm³/mol. The van der Waals surface area contributed by atoms with Crippen molar-refractivity contribution < 1.29 is 24.3 Å². The average Bonchev–Trinajstić information content (AvgIpc) is 2.88. The van der Waals surface area contributed by atoms with Crippen LogP contribution >= 0.6 is 0 Å². The Morgan fingerprint density at radius 2 is 1.56 bits per heavy atom. The molecule has 8 nitrogen and oxygen atoms in total. The van der Waals surface area contributed by atoms with Crippen LogP contribution in [0.1, 0.15) is 75.2 Å². The van der Waals surface area contributed by atoms with Crippen LogP contribution in [0.15, 0.2) is 48.5 Å². The highest BCUT2D eigenvalue weighted by molar-refractivity contribution is 6.11. The molecule has 218 valence electrons. The van der Waals surface area contributed by atoms with Crippen LogP contribution in [0.3, 0.4) is 0 Å². The number of carbonyl (C=O) groups excluding carboxylic acids is 3. The molecule has 4 saturated carbocycles. The Hall–Kier alpha value is -3.68. The number of hydrogen-bond donors (Lipinski definition) is 3. The van der Waals surface area contributed by atoms with Gasteiger partial charge in [0.15, 0.2) is 5.78 Å². The lowest BCUT2D eigenvalue weighted by molar-refractivity contribution is -0.142. The number of Topliss-reactive ketones (excluding diaryl/α,β-unsaturated/α-hetero) is 1. The van der Waals surface area contributed by atoms with Crippen LogP contribution in [0.25, 0.3) is 0 Å². The van der Waals surface area contributed by atoms with Crippen LogP contribution < -0.4 is 15.5 Å². The topological polar surface area (TPSA) is 116 Å². The predicted octanol–water partition coefficient (Wildman–Crippen LogP) is 6.05. The lowest BCUT2D eigenvalue weighted by Gasteiger charge is -2.56. The lowest BCUT2D eigenvalue weighted by Crippen LogP contribution is -2.56. The molecule has 4 fully saturated rings. The molecule has 4 bridgehead atoms. The van der Waals surface area contributed by atoms with Gasteiger partial charge in [0, 0.05) is 16.7 Å². The molecular formula is C33H41N3O5. The molecule has 3 N–H and O–H groups in total. The van der Waals surface area contributed by atoms with Crippen LogP contribution in [-0.2, 0) is 9.59 Å². The van der Waals surface area contributed by atoms with Gasteiger partial charge in [-0.05, 0) is 98.4 Å². The first-order valence-corrected chi connectivity index (χ1v) is 14.7. The molecule has 2 aromatic rings. The first-order valence-electron chi connectivity index (χ1n) is 14.7. The summed E-state index contributed by atoms with van der Waals surface area (Å²) in [5, 5.41) is 15.7. The molecule has 0 aromatic heterocycles.